The summed E-state index contributed by atoms with van der Waals surface area (Å²) in [5, 5.41) is 130. The fourth-order valence-electron chi connectivity index (χ4n) is 8.22. The molecular formula is C50H79N3O19. The standard InChI is InChI=1S/C50H79N3O19/c1-29-17-15-13-11-9-7-5-6-8-10-12-14-16-18-36(71-48-40(60)25-38(58)32(4)70-48)24-43-45(52-49(67)53-51-28-42(62)47(65)66)41(61)27-50(68,72-43)26-35(56)22-39(59)37(57)20-19-33(54)21-34(55)23-44(63)69-31(3)30(2)46(29)64/h5-18,29-43,45-46,48,51,54-62,64,68H,19-28H2,1-4H3,(H,65,66)(H2,52,53,67)/b6-5+,9-7+,10-8+,13-11+,14-12+,17-15+,18-16+/t29-,30-,31-,32+,33+,34+,35-,36-,37+,38-,39+,40-,41-,42+,43-,45+,46+,48-,50+/m0/s1. The van der Waals surface area contributed by atoms with Crippen molar-refractivity contribution in [3.63, 3.8) is 0 Å². The fraction of sp³-hybridized carbons (Fsp3) is 0.660. The van der Waals surface area contributed by atoms with Gasteiger partial charge in [-0.2, -0.15) is 0 Å². The number of carboxylic acid groups (broad SMARTS) is 1. The first-order valence-electron chi connectivity index (χ1n) is 24.4. The van der Waals surface area contributed by atoms with Gasteiger partial charge in [0.15, 0.2) is 18.2 Å². The number of fused-ring (bicyclic) bond motifs is 2. The van der Waals surface area contributed by atoms with Crippen molar-refractivity contribution < 1.29 is 94.6 Å². The van der Waals surface area contributed by atoms with E-state index in [1.807, 2.05) is 13.0 Å². The Morgan fingerprint density at radius 1 is 0.694 bits per heavy atom. The number of allylic oxidation sites excluding steroid dienone is 12. The second-order valence-corrected chi connectivity index (χ2v) is 18.9. The lowest BCUT2D eigenvalue weighted by atomic mass is 9.87. The van der Waals surface area contributed by atoms with E-state index in [0.717, 1.165) is 0 Å². The Labute approximate surface area is 420 Å². The van der Waals surface area contributed by atoms with Crippen LogP contribution in [0.4, 0.5) is 4.79 Å². The first kappa shape index (κ1) is 62.1. The number of aliphatic hydroxyl groups excluding tert-OH is 10. The largest absolute Gasteiger partial charge is 0.479 e. The molecule has 408 valence electrons. The van der Waals surface area contributed by atoms with Crippen LogP contribution < -0.4 is 16.2 Å². The van der Waals surface area contributed by atoms with Gasteiger partial charge in [0, 0.05) is 43.9 Å². The molecule has 22 heteroatoms. The number of carbonyl (C=O) groups excluding carboxylic acids is 2. The minimum atomic E-state index is -2.34. The second kappa shape index (κ2) is 31.5. The maximum atomic E-state index is 13.0. The molecule has 0 aliphatic carbocycles. The highest BCUT2D eigenvalue weighted by Crippen LogP contribution is 2.35. The van der Waals surface area contributed by atoms with Crippen LogP contribution in [-0.4, -0.2) is 189 Å². The Kier molecular flexibility index (Phi) is 27.2. The van der Waals surface area contributed by atoms with Crippen LogP contribution in [0, 0.1) is 11.8 Å². The van der Waals surface area contributed by atoms with Crippen LogP contribution in [0.25, 0.3) is 0 Å². The molecule has 2 amide bonds. The van der Waals surface area contributed by atoms with E-state index in [1.54, 1.807) is 99.8 Å². The number of carboxylic acids is 1. The van der Waals surface area contributed by atoms with Crippen molar-refractivity contribution in [3.05, 3.63) is 85.1 Å². The van der Waals surface area contributed by atoms with E-state index in [2.05, 4.69) is 16.2 Å². The van der Waals surface area contributed by atoms with Crippen molar-refractivity contribution in [2.24, 2.45) is 11.8 Å². The maximum absolute atomic E-state index is 13.0. The maximum Gasteiger partial charge on any atom is 0.333 e. The van der Waals surface area contributed by atoms with E-state index in [9.17, 15) is 70.6 Å². The van der Waals surface area contributed by atoms with Gasteiger partial charge in [0.2, 0.25) is 0 Å². The van der Waals surface area contributed by atoms with E-state index in [4.69, 9.17) is 24.1 Å². The number of rotatable bonds is 7. The Morgan fingerprint density at radius 2 is 1.29 bits per heavy atom. The lowest BCUT2D eigenvalue weighted by molar-refractivity contribution is -0.301. The van der Waals surface area contributed by atoms with Crippen molar-refractivity contribution in [1.82, 2.24) is 16.2 Å². The minimum Gasteiger partial charge on any atom is -0.479 e. The number of carbonyl (C=O) groups is 3. The zero-order chi connectivity index (χ0) is 53.5. The Bertz CT molecular complexity index is 1860. The van der Waals surface area contributed by atoms with E-state index >= 15 is 0 Å². The monoisotopic (exact) mass is 1030 g/mol. The molecule has 3 aliphatic rings. The van der Waals surface area contributed by atoms with Gasteiger partial charge in [-0.3, -0.25) is 10.2 Å². The summed E-state index contributed by atoms with van der Waals surface area (Å²) in [6.45, 7) is 6.19. The van der Waals surface area contributed by atoms with Gasteiger partial charge in [-0.15, -0.1) is 0 Å². The molecule has 19 atom stereocenters. The quantitative estimate of drug-likeness (QED) is 0.115. The van der Waals surface area contributed by atoms with Gasteiger partial charge in [0.1, 0.15) is 12.2 Å². The molecule has 0 radical (unpaired) electrons. The van der Waals surface area contributed by atoms with Crippen molar-refractivity contribution >= 4 is 18.0 Å². The third-order valence-electron chi connectivity index (χ3n) is 12.6. The summed E-state index contributed by atoms with van der Waals surface area (Å²) in [6.07, 6.45) is 2.28. The zero-order valence-electron chi connectivity index (χ0n) is 41.3. The third kappa shape index (κ3) is 22.5. The van der Waals surface area contributed by atoms with Gasteiger partial charge in [-0.05, 0) is 33.1 Å². The molecule has 0 aromatic carbocycles. The van der Waals surface area contributed by atoms with E-state index in [0.29, 0.717) is 0 Å². The molecule has 0 unspecified atom stereocenters. The van der Waals surface area contributed by atoms with Crippen molar-refractivity contribution in [2.75, 3.05) is 6.54 Å². The number of cyclic esters (lactones) is 1. The number of urea groups is 1. The van der Waals surface area contributed by atoms with Crippen LogP contribution in [0.3, 0.4) is 0 Å². The van der Waals surface area contributed by atoms with Gasteiger partial charge in [0.05, 0.1) is 86.2 Å². The summed E-state index contributed by atoms with van der Waals surface area (Å²) in [5.74, 6) is -5.40. The molecule has 15 N–H and O–H groups in total. The van der Waals surface area contributed by atoms with E-state index < -0.39 is 160 Å². The SMILES string of the molecule is C[C@@H]1[C@H](O)[C@@H](C)/C=C/C=C/C=C/C=C/C=C/C=C/C=C/[C@H](O[C@@H]2O[C@H](C)[C@@H](O)C[C@@H]2O)C[C@@H]2O[C@](O)(C[C@@H](O)C[C@@H](O)[C@H](O)CC[C@@H](O)C[C@@H](O)CC(=O)O[C@H]1C)C[C@H](O)[C@H]2NC(=O)NNC[C@@H](O)C(=O)O. The average Bonchev–Trinajstić information content (AvgIpc) is 3.29. The zero-order valence-corrected chi connectivity index (χ0v) is 41.3. The van der Waals surface area contributed by atoms with E-state index in [1.165, 1.54) is 0 Å². The predicted molar refractivity (Wildman–Crippen MR) is 260 cm³/mol. The van der Waals surface area contributed by atoms with Gasteiger partial charge in [-0.1, -0.05) is 98.9 Å². The summed E-state index contributed by atoms with van der Waals surface area (Å²) in [4.78, 5) is 36.7. The summed E-state index contributed by atoms with van der Waals surface area (Å²) in [6, 6.07) is -2.34. The number of ether oxygens (including phenoxy) is 4. The number of esters is 1. The molecule has 0 aromatic heterocycles. The number of aliphatic carboxylic acids is 1. The number of hydrogen-bond acceptors (Lipinski definition) is 19. The van der Waals surface area contributed by atoms with Gasteiger partial charge in [0.25, 0.3) is 0 Å². The Hall–Kier alpha value is -4.21. The predicted octanol–water partition coefficient (Wildman–Crippen LogP) is -0.308. The molecule has 22 nitrogen and oxygen atoms in total. The lowest BCUT2D eigenvalue weighted by Crippen LogP contribution is -2.64. The topological polar surface area (TPSA) is 367 Å². The van der Waals surface area contributed by atoms with Crippen LogP contribution in [0.15, 0.2) is 85.1 Å². The van der Waals surface area contributed by atoms with Crippen molar-refractivity contribution in [1.29, 1.82) is 0 Å². The van der Waals surface area contributed by atoms with Crippen molar-refractivity contribution in [3.8, 4) is 0 Å². The van der Waals surface area contributed by atoms with Crippen LogP contribution >= 0.6 is 0 Å². The number of hydrazine groups is 1. The molecule has 0 saturated carbocycles. The van der Waals surface area contributed by atoms with Gasteiger partial charge < -0.3 is 85.5 Å². The summed E-state index contributed by atoms with van der Waals surface area (Å²) in [5.41, 5.74) is 4.41. The molecule has 3 heterocycles. The highest BCUT2D eigenvalue weighted by atomic mass is 16.7. The van der Waals surface area contributed by atoms with Crippen LogP contribution in [0.5, 0.6) is 0 Å². The second-order valence-electron chi connectivity index (χ2n) is 18.9. The van der Waals surface area contributed by atoms with Crippen LogP contribution in [0.1, 0.15) is 85.5 Å². The number of amides is 2. The van der Waals surface area contributed by atoms with Crippen LogP contribution in [-0.2, 0) is 28.5 Å². The number of nitrogens with one attached hydrogen (secondary N) is 3. The number of hydrogen-bond donors (Lipinski definition) is 15. The van der Waals surface area contributed by atoms with Gasteiger partial charge >= 0.3 is 18.0 Å². The molecule has 2 saturated heterocycles. The molecule has 0 aromatic rings. The molecule has 2 bridgehead atoms. The minimum absolute atomic E-state index is 0.0847. The molecular weight excluding hydrogens is 947 g/mol. The molecule has 3 rings (SSSR count). The fourth-order valence-corrected chi connectivity index (χ4v) is 8.22. The lowest BCUT2D eigenvalue weighted by Gasteiger charge is -2.46. The average molecular weight is 1030 g/mol. The Balaban J connectivity index is 1.92. The number of aliphatic hydroxyl groups is 11. The van der Waals surface area contributed by atoms with Crippen LogP contribution in [0.2, 0.25) is 0 Å². The van der Waals surface area contributed by atoms with Crippen molar-refractivity contribution in [2.45, 2.75) is 189 Å². The molecule has 2 fully saturated rings. The smallest absolute Gasteiger partial charge is 0.333 e. The summed E-state index contributed by atoms with van der Waals surface area (Å²) < 4.78 is 23.6. The first-order valence-corrected chi connectivity index (χ1v) is 24.4. The van der Waals surface area contributed by atoms with Gasteiger partial charge in [-0.25, -0.2) is 15.0 Å². The first-order chi connectivity index (χ1) is 34.0. The third-order valence-corrected chi connectivity index (χ3v) is 12.6. The molecule has 72 heavy (non-hydrogen) atoms. The molecule has 0 spiro atoms. The highest BCUT2D eigenvalue weighted by molar-refractivity contribution is 5.74. The summed E-state index contributed by atoms with van der Waals surface area (Å²) in [7, 11) is 0. The molecule has 3 aliphatic heterocycles. The highest BCUT2D eigenvalue weighted by Gasteiger charge is 2.48. The van der Waals surface area contributed by atoms with E-state index in [-0.39, 0.29) is 38.0 Å². The Morgan fingerprint density at radius 3 is 1.90 bits per heavy atom. The summed E-state index contributed by atoms with van der Waals surface area (Å²) >= 11 is 0. The normalized spacial score (nSPS) is 41.5.